The van der Waals surface area contributed by atoms with Crippen molar-refractivity contribution in [2.45, 2.75) is 194 Å². The number of unbranched alkanes of at least 4 members (excludes halogenated alkanes) is 22. The molecule has 1 nitrogen and oxygen atoms in total. The minimum Gasteiger partial charge on any atom is -0.303 e. The predicted octanol–water partition coefficient (Wildman–Crippen LogP) is 12.9. The molecule has 37 heavy (non-hydrogen) atoms. The predicted molar refractivity (Wildman–Crippen MR) is 168 cm³/mol. The van der Waals surface area contributed by atoms with Crippen LogP contribution in [-0.2, 0) is 4.79 Å². The van der Waals surface area contributed by atoms with Crippen LogP contribution in [-0.4, -0.2) is 6.29 Å². The normalized spacial score (nSPS) is 12.7. The summed E-state index contributed by atoms with van der Waals surface area (Å²) in [4.78, 5) is 11.4. The van der Waals surface area contributed by atoms with Gasteiger partial charge in [0.25, 0.3) is 0 Å². The highest BCUT2D eigenvalue weighted by Gasteiger charge is 2.06. The second-order valence-electron chi connectivity index (χ2n) is 11.6. The highest BCUT2D eigenvalue weighted by molar-refractivity contribution is 5.53. The van der Waals surface area contributed by atoms with Gasteiger partial charge < -0.3 is 4.79 Å². The quantitative estimate of drug-likeness (QED) is 0.0508. The third-order valence-electron chi connectivity index (χ3n) is 7.87. The van der Waals surface area contributed by atoms with Crippen LogP contribution in [0.2, 0.25) is 0 Å². The first-order chi connectivity index (χ1) is 18.3. The van der Waals surface area contributed by atoms with E-state index in [1.807, 2.05) is 0 Å². The number of carbonyl (C=O) groups excluding carboxylic acids is 1. The fourth-order valence-corrected chi connectivity index (χ4v) is 5.23. The van der Waals surface area contributed by atoms with E-state index in [4.69, 9.17) is 0 Å². The van der Waals surface area contributed by atoms with Crippen LogP contribution in [0, 0.1) is 5.92 Å². The van der Waals surface area contributed by atoms with Crippen LogP contribution >= 0.6 is 0 Å². The van der Waals surface area contributed by atoms with Crippen molar-refractivity contribution in [3.05, 3.63) is 24.3 Å². The molecule has 0 heterocycles. The molecule has 0 amide bonds. The first kappa shape index (κ1) is 36.1. The number of hydrogen-bond donors (Lipinski definition) is 0. The lowest BCUT2D eigenvalue weighted by Gasteiger charge is -2.10. The minimum absolute atomic E-state index is 0.314. The average Bonchev–Trinajstić information content (AvgIpc) is 2.91. The smallest absolute Gasteiger partial charge is 0.123 e. The molecule has 0 aromatic carbocycles. The molecule has 1 unspecified atom stereocenters. The summed E-state index contributed by atoms with van der Waals surface area (Å²) < 4.78 is 0. The summed E-state index contributed by atoms with van der Waals surface area (Å²) in [5, 5.41) is 0. The van der Waals surface area contributed by atoms with E-state index < -0.39 is 0 Å². The Morgan fingerprint density at radius 2 is 0.649 bits per heavy atom. The molecule has 0 aliphatic rings. The van der Waals surface area contributed by atoms with Gasteiger partial charge in [-0.2, -0.15) is 0 Å². The van der Waals surface area contributed by atoms with Crippen LogP contribution in [0.15, 0.2) is 24.3 Å². The van der Waals surface area contributed by atoms with Gasteiger partial charge in [-0.15, -0.1) is 0 Å². The zero-order valence-corrected chi connectivity index (χ0v) is 25.7. The monoisotopic (exact) mass is 517 g/mol. The van der Waals surface area contributed by atoms with Crippen molar-refractivity contribution in [2.24, 2.45) is 5.92 Å². The molecule has 218 valence electrons. The Morgan fingerprint density at radius 3 is 0.946 bits per heavy atom. The van der Waals surface area contributed by atoms with Gasteiger partial charge in [0.2, 0.25) is 0 Å². The third kappa shape index (κ3) is 31.3. The molecule has 0 aliphatic carbocycles. The van der Waals surface area contributed by atoms with Gasteiger partial charge >= 0.3 is 0 Å². The van der Waals surface area contributed by atoms with Gasteiger partial charge in [0.05, 0.1) is 0 Å². The summed E-state index contributed by atoms with van der Waals surface area (Å²) in [7, 11) is 0. The van der Waals surface area contributed by atoms with Crippen LogP contribution in [0.3, 0.4) is 0 Å². The second-order valence-corrected chi connectivity index (χ2v) is 11.6. The number of aldehydes is 1. The molecule has 0 aromatic heterocycles. The van der Waals surface area contributed by atoms with Crippen molar-refractivity contribution in [3.63, 3.8) is 0 Å². The molecule has 0 bridgehead atoms. The molecular formula is C36H68O. The summed E-state index contributed by atoms with van der Waals surface area (Å²) in [6.07, 6.45) is 48.0. The summed E-state index contributed by atoms with van der Waals surface area (Å²) in [6, 6.07) is 0. The average molecular weight is 517 g/mol. The molecule has 0 aliphatic heterocycles. The molecule has 1 heteroatoms. The molecular weight excluding hydrogens is 448 g/mol. The van der Waals surface area contributed by atoms with Gasteiger partial charge in [-0.3, -0.25) is 0 Å². The molecule has 0 aromatic rings. The van der Waals surface area contributed by atoms with Crippen LogP contribution < -0.4 is 0 Å². The van der Waals surface area contributed by atoms with Crippen molar-refractivity contribution < 1.29 is 4.79 Å². The summed E-state index contributed by atoms with van der Waals surface area (Å²) >= 11 is 0. The first-order valence-corrected chi connectivity index (χ1v) is 17.1. The van der Waals surface area contributed by atoms with Gasteiger partial charge in [-0.25, -0.2) is 0 Å². The molecule has 0 N–H and O–H groups in total. The zero-order chi connectivity index (χ0) is 26.9. The van der Waals surface area contributed by atoms with Crippen molar-refractivity contribution in [1.29, 1.82) is 0 Å². The van der Waals surface area contributed by atoms with Gasteiger partial charge in [-0.1, -0.05) is 154 Å². The van der Waals surface area contributed by atoms with Crippen LogP contribution in [0.1, 0.15) is 194 Å². The Hall–Kier alpha value is -0.850. The van der Waals surface area contributed by atoms with E-state index in [1.54, 1.807) is 0 Å². The Balaban J connectivity index is 3.36. The Labute approximate surface area is 234 Å². The molecule has 0 saturated heterocycles. The van der Waals surface area contributed by atoms with Gasteiger partial charge in [-0.05, 0) is 64.2 Å². The van der Waals surface area contributed by atoms with Crippen molar-refractivity contribution >= 4 is 6.29 Å². The largest absolute Gasteiger partial charge is 0.303 e. The van der Waals surface area contributed by atoms with E-state index in [1.165, 1.54) is 173 Å². The topological polar surface area (TPSA) is 17.1 Å². The maximum atomic E-state index is 11.4. The lowest BCUT2D eigenvalue weighted by Crippen LogP contribution is -2.02. The van der Waals surface area contributed by atoms with E-state index >= 15 is 0 Å². The first-order valence-electron chi connectivity index (χ1n) is 17.1. The minimum atomic E-state index is 0.314. The lowest BCUT2D eigenvalue weighted by atomic mass is 9.95. The lowest BCUT2D eigenvalue weighted by molar-refractivity contribution is -0.111. The third-order valence-corrected chi connectivity index (χ3v) is 7.87. The van der Waals surface area contributed by atoms with Crippen molar-refractivity contribution in [1.82, 2.24) is 0 Å². The van der Waals surface area contributed by atoms with Crippen LogP contribution in [0.25, 0.3) is 0 Å². The summed E-state index contributed by atoms with van der Waals surface area (Å²) in [5.74, 6) is 0.314. The van der Waals surface area contributed by atoms with Crippen LogP contribution in [0.4, 0.5) is 0 Å². The zero-order valence-electron chi connectivity index (χ0n) is 25.7. The van der Waals surface area contributed by atoms with Crippen molar-refractivity contribution in [2.75, 3.05) is 0 Å². The molecule has 0 saturated carbocycles. The molecule has 0 spiro atoms. The number of hydrogen-bond acceptors (Lipinski definition) is 1. The van der Waals surface area contributed by atoms with E-state index in [2.05, 4.69) is 38.2 Å². The maximum Gasteiger partial charge on any atom is 0.123 e. The van der Waals surface area contributed by atoms with E-state index in [0.29, 0.717) is 5.92 Å². The maximum absolute atomic E-state index is 11.4. The Kier molecular flexibility index (Phi) is 32.4. The van der Waals surface area contributed by atoms with Gasteiger partial charge in [0, 0.05) is 5.92 Å². The number of allylic oxidation sites excluding steroid dienone is 4. The number of rotatable bonds is 31. The van der Waals surface area contributed by atoms with Gasteiger partial charge in [0.1, 0.15) is 6.29 Å². The van der Waals surface area contributed by atoms with Crippen molar-refractivity contribution in [3.8, 4) is 0 Å². The molecule has 0 rings (SSSR count). The van der Waals surface area contributed by atoms with E-state index in [9.17, 15) is 4.79 Å². The molecule has 0 fully saturated rings. The summed E-state index contributed by atoms with van der Waals surface area (Å²) in [6.45, 7) is 4.57. The fourth-order valence-electron chi connectivity index (χ4n) is 5.23. The number of carbonyl (C=O) groups is 1. The SMILES string of the molecule is CCCCCCCCC=CCCCCCCCCC(C=O)CCCCCCC=CCCCCCCCC. The summed E-state index contributed by atoms with van der Waals surface area (Å²) in [5.41, 5.74) is 0. The second kappa shape index (κ2) is 33.2. The van der Waals surface area contributed by atoms with Gasteiger partial charge in [0.15, 0.2) is 0 Å². The molecule has 1 atom stereocenters. The standard InChI is InChI=1S/C36H68O/c1-3-5-7-9-11-13-15-17-19-20-22-24-26-28-30-32-34-36(35-37)33-31-29-27-25-23-21-18-16-14-12-10-8-6-4-2/h17-19,21,35-36H,3-16,20,22-34H2,1-2H3. The van der Waals surface area contributed by atoms with Crippen LogP contribution in [0.5, 0.6) is 0 Å². The fraction of sp³-hybridized carbons (Fsp3) is 0.861. The van der Waals surface area contributed by atoms with E-state index in [-0.39, 0.29) is 0 Å². The highest BCUT2D eigenvalue weighted by atomic mass is 16.1. The Morgan fingerprint density at radius 1 is 0.378 bits per heavy atom. The Bertz CT molecular complexity index is 477. The molecule has 0 radical (unpaired) electrons. The highest BCUT2D eigenvalue weighted by Crippen LogP contribution is 2.18. The van der Waals surface area contributed by atoms with E-state index in [0.717, 1.165) is 12.8 Å².